The lowest BCUT2D eigenvalue weighted by molar-refractivity contribution is -0.165. The molecule has 2 aromatic rings. The molecular weight excluding hydrogens is 338 g/mol. The number of sulfonamides is 1. The highest BCUT2D eigenvalue weighted by Crippen LogP contribution is 2.40. The second-order valence-corrected chi connectivity index (χ2v) is 6.53. The summed E-state index contributed by atoms with van der Waals surface area (Å²) in [5, 5.41) is 23.7. The minimum Gasteiger partial charge on any atom is -0.505 e. The summed E-state index contributed by atoms with van der Waals surface area (Å²) in [6.45, 7) is 1.88. The average molecular weight is 353 g/mol. The van der Waals surface area contributed by atoms with Crippen molar-refractivity contribution in [3.05, 3.63) is 35.7 Å². The largest absolute Gasteiger partial charge is 0.505 e. The molecule has 0 saturated heterocycles. The highest BCUT2D eigenvalue weighted by Gasteiger charge is 2.43. The fourth-order valence-corrected chi connectivity index (χ4v) is 4.11. The van der Waals surface area contributed by atoms with E-state index in [0.717, 1.165) is 4.31 Å². The Morgan fingerprint density at radius 2 is 2.12 bits per heavy atom. The third kappa shape index (κ3) is 2.42. The molecule has 0 radical (unpaired) electrons. The molecule has 0 aliphatic carbocycles. The van der Waals surface area contributed by atoms with E-state index in [9.17, 15) is 13.5 Å². The average Bonchev–Trinajstić information content (AvgIpc) is 3.10. The zero-order valence-corrected chi connectivity index (χ0v) is 13.7. The van der Waals surface area contributed by atoms with Crippen LogP contribution in [0.15, 0.2) is 29.2 Å². The summed E-state index contributed by atoms with van der Waals surface area (Å²) in [4.78, 5) is -0.0690. The van der Waals surface area contributed by atoms with Crippen molar-refractivity contribution in [1.82, 2.24) is 24.9 Å². The monoisotopic (exact) mass is 353 g/mol. The van der Waals surface area contributed by atoms with Gasteiger partial charge < -0.3 is 14.6 Å². The van der Waals surface area contributed by atoms with E-state index in [1.54, 1.807) is 19.1 Å². The van der Waals surface area contributed by atoms with Gasteiger partial charge >= 0.3 is 0 Å². The number of aliphatic hydroxyl groups is 1. The summed E-state index contributed by atoms with van der Waals surface area (Å²) >= 11 is 0. The number of hydrogen-bond acceptors (Lipinski definition) is 8. The number of fused-ring (bicyclic) bond motifs is 1. The summed E-state index contributed by atoms with van der Waals surface area (Å²) in [5.41, 5.74) is -0.00879. The van der Waals surface area contributed by atoms with Gasteiger partial charge in [-0.05, 0) is 29.5 Å². The predicted molar refractivity (Wildman–Crippen MR) is 81.5 cm³/mol. The predicted octanol–water partition coefficient (Wildman–Crippen LogP) is 0.554. The van der Waals surface area contributed by atoms with Crippen molar-refractivity contribution >= 4 is 21.5 Å². The van der Waals surface area contributed by atoms with Crippen LogP contribution in [0.3, 0.4) is 0 Å². The van der Waals surface area contributed by atoms with E-state index in [4.69, 9.17) is 9.47 Å². The zero-order chi connectivity index (χ0) is 17.3. The highest BCUT2D eigenvalue weighted by atomic mass is 32.2. The first-order valence-electron chi connectivity index (χ1n) is 6.98. The van der Waals surface area contributed by atoms with Crippen LogP contribution in [-0.4, -0.2) is 58.6 Å². The number of aromatic nitrogens is 4. The number of nitrogens with one attached hydrogen (secondary N) is 1. The first-order valence-corrected chi connectivity index (χ1v) is 8.42. The number of tetrazole rings is 1. The Kier molecular flexibility index (Phi) is 4.22. The first kappa shape index (κ1) is 16.4. The summed E-state index contributed by atoms with van der Waals surface area (Å²) < 4.78 is 37.5. The van der Waals surface area contributed by atoms with Crippen LogP contribution in [-0.2, 0) is 19.5 Å². The quantitative estimate of drug-likeness (QED) is 0.745. The highest BCUT2D eigenvalue weighted by molar-refractivity contribution is 7.89. The van der Waals surface area contributed by atoms with Crippen LogP contribution < -0.4 is 0 Å². The molecule has 0 amide bonds. The lowest BCUT2D eigenvalue weighted by Crippen LogP contribution is -2.44. The molecule has 2 N–H and O–H groups in total. The third-order valence-corrected chi connectivity index (χ3v) is 5.18. The Morgan fingerprint density at radius 1 is 1.38 bits per heavy atom. The molecule has 1 aliphatic rings. The van der Waals surface area contributed by atoms with Crippen molar-refractivity contribution in [3.8, 4) is 0 Å². The van der Waals surface area contributed by atoms with Crippen LogP contribution in [0.5, 0.6) is 0 Å². The lowest BCUT2D eigenvalue weighted by Gasteiger charge is -2.35. The normalized spacial score (nSPS) is 17.7. The van der Waals surface area contributed by atoms with Crippen molar-refractivity contribution in [2.75, 3.05) is 13.7 Å². The lowest BCUT2D eigenvalue weighted by atomic mass is 10.1. The van der Waals surface area contributed by atoms with Gasteiger partial charge in [-0.3, -0.25) is 0 Å². The fourth-order valence-electron chi connectivity index (χ4n) is 2.41. The Bertz CT molecular complexity index is 865. The van der Waals surface area contributed by atoms with Crippen molar-refractivity contribution in [1.29, 1.82) is 0 Å². The van der Waals surface area contributed by atoms with Crippen molar-refractivity contribution < 1.29 is 23.0 Å². The van der Waals surface area contributed by atoms with Crippen molar-refractivity contribution in [2.24, 2.45) is 0 Å². The van der Waals surface area contributed by atoms with Gasteiger partial charge in [-0.25, -0.2) is 17.8 Å². The molecule has 2 heterocycles. The van der Waals surface area contributed by atoms with E-state index < -0.39 is 16.4 Å². The number of methoxy groups -OCH3 is 1. The third-order valence-electron chi connectivity index (χ3n) is 3.40. The summed E-state index contributed by atoms with van der Waals surface area (Å²) in [6.07, 6.45) is -1.30. The van der Waals surface area contributed by atoms with Gasteiger partial charge in [-0.1, -0.05) is 12.1 Å². The fraction of sp³-hybridized carbons (Fsp3) is 0.308. The first-order chi connectivity index (χ1) is 11.5. The molecule has 1 atom stereocenters. The van der Waals surface area contributed by atoms with Crippen LogP contribution >= 0.6 is 0 Å². The number of benzene rings is 1. The molecule has 128 valence electrons. The zero-order valence-electron chi connectivity index (χ0n) is 12.9. The molecule has 0 spiro atoms. The SMILES string of the molecule is CCOC(OC)N1C(c2nnn[nH]2)=C(O)c2ccccc2S1(=O)=O. The van der Waals surface area contributed by atoms with Crippen LogP contribution in [0.25, 0.3) is 11.5 Å². The van der Waals surface area contributed by atoms with Gasteiger partial charge in [0.05, 0.1) is 4.90 Å². The molecular formula is C13H15N5O5S. The molecule has 0 saturated carbocycles. The molecule has 0 fully saturated rings. The van der Waals surface area contributed by atoms with E-state index in [1.807, 2.05) is 0 Å². The van der Waals surface area contributed by atoms with Crippen molar-refractivity contribution in [3.63, 3.8) is 0 Å². The second-order valence-electron chi connectivity index (χ2n) is 4.74. The van der Waals surface area contributed by atoms with Gasteiger partial charge in [-0.15, -0.1) is 5.10 Å². The maximum atomic E-state index is 13.1. The number of ether oxygens (including phenoxy) is 2. The Labute approximate surface area is 137 Å². The number of hydrogen-bond donors (Lipinski definition) is 2. The molecule has 3 rings (SSSR count). The number of H-pyrrole nitrogens is 1. The van der Waals surface area contributed by atoms with E-state index >= 15 is 0 Å². The topological polar surface area (TPSA) is 131 Å². The number of rotatable bonds is 5. The van der Waals surface area contributed by atoms with E-state index in [1.165, 1.54) is 19.2 Å². The van der Waals surface area contributed by atoms with Crippen LogP contribution in [0.2, 0.25) is 0 Å². The van der Waals surface area contributed by atoms with Crippen LogP contribution in [0.4, 0.5) is 0 Å². The van der Waals surface area contributed by atoms with Crippen LogP contribution in [0.1, 0.15) is 18.3 Å². The van der Waals surface area contributed by atoms with Gasteiger partial charge in [0.25, 0.3) is 16.4 Å². The van der Waals surface area contributed by atoms with Gasteiger partial charge in [0.15, 0.2) is 5.76 Å². The van der Waals surface area contributed by atoms with E-state index in [2.05, 4.69) is 20.6 Å². The number of aromatic amines is 1. The Morgan fingerprint density at radius 3 is 2.75 bits per heavy atom. The summed E-state index contributed by atoms with van der Waals surface area (Å²) in [7, 11) is -2.78. The van der Waals surface area contributed by atoms with E-state index in [-0.39, 0.29) is 34.3 Å². The molecule has 10 nitrogen and oxygen atoms in total. The molecule has 1 aromatic carbocycles. The van der Waals surface area contributed by atoms with Crippen LogP contribution in [0, 0.1) is 0 Å². The molecule has 11 heteroatoms. The minimum atomic E-state index is -4.07. The molecule has 1 aromatic heterocycles. The van der Waals surface area contributed by atoms with Gasteiger partial charge in [0.2, 0.25) is 5.82 Å². The molecule has 0 bridgehead atoms. The van der Waals surface area contributed by atoms with Gasteiger partial charge in [0.1, 0.15) is 5.70 Å². The van der Waals surface area contributed by atoms with Gasteiger partial charge in [0, 0.05) is 19.3 Å². The standard InChI is InChI=1S/C13H15N5O5S/c1-3-23-13(22-2)18-10(12-14-16-17-15-12)11(19)8-6-4-5-7-9(8)24(18,20)21/h4-7,13,19H,3H2,1-2H3,(H,14,15,16,17). The Hall–Kier alpha value is -2.50. The molecule has 24 heavy (non-hydrogen) atoms. The number of aliphatic hydroxyl groups excluding tert-OH is 1. The summed E-state index contributed by atoms with van der Waals surface area (Å²) in [6, 6.07) is 6.06. The van der Waals surface area contributed by atoms with Crippen molar-refractivity contribution in [2.45, 2.75) is 18.2 Å². The molecule has 1 unspecified atom stereocenters. The second kappa shape index (κ2) is 6.19. The number of nitrogens with zero attached hydrogens (tertiary/aromatic N) is 4. The van der Waals surface area contributed by atoms with Gasteiger partial charge in [-0.2, -0.15) is 0 Å². The smallest absolute Gasteiger partial charge is 0.269 e. The Balaban J connectivity index is 2.31. The molecule has 1 aliphatic heterocycles. The summed E-state index contributed by atoms with van der Waals surface area (Å²) in [5.74, 6) is -0.340. The minimum absolute atomic E-state index is 0.0349. The maximum Gasteiger partial charge on any atom is 0.269 e. The van der Waals surface area contributed by atoms with E-state index in [0.29, 0.717) is 0 Å². The maximum absolute atomic E-state index is 13.1.